The van der Waals surface area contributed by atoms with Crippen molar-refractivity contribution >= 4 is 40.1 Å². The van der Waals surface area contributed by atoms with E-state index in [0.717, 1.165) is 37.0 Å². The first-order valence-corrected chi connectivity index (χ1v) is 7.59. The van der Waals surface area contributed by atoms with Crippen molar-refractivity contribution in [2.45, 2.75) is 25.3 Å². The van der Waals surface area contributed by atoms with Gasteiger partial charge in [-0.15, -0.1) is 11.6 Å². The molecule has 1 aliphatic heterocycles. The van der Waals surface area contributed by atoms with E-state index in [1.165, 1.54) is 0 Å². The zero-order valence-electron chi connectivity index (χ0n) is 11.0. The number of hydrogen-bond acceptors (Lipinski definition) is 2. The van der Waals surface area contributed by atoms with Crippen LogP contribution in [-0.4, -0.2) is 33.4 Å². The highest BCUT2D eigenvalue weighted by Crippen LogP contribution is 2.25. The summed E-state index contributed by atoms with van der Waals surface area (Å²) in [6.45, 7) is 1.94. The smallest absolute Gasteiger partial charge is 0.242 e. The second-order valence-corrected chi connectivity index (χ2v) is 5.62. The Labute approximate surface area is 127 Å². The number of carbonyl (C=O) groups excluding carboxylic acids is 1. The minimum Gasteiger partial charge on any atom is -0.341 e. The molecule has 2 heterocycles. The lowest BCUT2D eigenvalue weighted by Gasteiger charge is -2.17. The number of nitrogens with zero attached hydrogens (tertiary/aromatic N) is 3. The van der Waals surface area contributed by atoms with E-state index in [2.05, 4.69) is 4.98 Å². The minimum atomic E-state index is 0.105. The zero-order chi connectivity index (χ0) is 14.1. The molecule has 4 nitrogen and oxygen atoms in total. The van der Waals surface area contributed by atoms with E-state index < -0.39 is 0 Å². The van der Waals surface area contributed by atoms with Gasteiger partial charge in [-0.1, -0.05) is 17.7 Å². The van der Waals surface area contributed by atoms with Crippen LogP contribution < -0.4 is 0 Å². The molecule has 6 heteroatoms. The van der Waals surface area contributed by atoms with E-state index in [1.807, 2.05) is 21.6 Å². The van der Waals surface area contributed by atoms with Crippen LogP contribution in [0.3, 0.4) is 0 Å². The zero-order valence-corrected chi connectivity index (χ0v) is 12.5. The van der Waals surface area contributed by atoms with Gasteiger partial charge in [-0.3, -0.25) is 4.79 Å². The summed E-state index contributed by atoms with van der Waals surface area (Å²) >= 11 is 12.2. The lowest BCUT2D eigenvalue weighted by molar-refractivity contribution is -0.130. The van der Waals surface area contributed by atoms with Gasteiger partial charge in [0.25, 0.3) is 0 Å². The lowest BCUT2D eigenvalue weighted by Crippen LogP contribution is -2.31. The van der Waals surface area contributed by atoms with Crippen LogP contribution in [0.5, 0.6) is 0 Å². The van der Waals surface area contributed by atoms with Crippen molar-refractivity contribution in [2.24, 2.45) is 0 Å². The van der Waals surface area contributed by atoms with Gasteiger partial charge in [-0.25, -0.2) is 4.98 Å². The summed E-state index contributed by atoms with van der Waals surface area (Å²) in [6, 6.07) is 5.54. The summed E-state index contributed by atoms with van der Waals surface area (Å²) in [4.78, 5) is 18.7. The van der Waals surface area contributed by atoms with E-state index in [1.54, 1.807) is 6.07 Å². The van der Waals surface area contributed by atoms with Gasteiger partial charge in [0, 0.05) is 13.1 Å². The second-order valence-electron chi connectivity index (χ2n) is 4.94. The summed E-state index contributed by atoms with van der Waals surface area (Å²) in [5.41, 5.74) is 1.57. The SMILES string of the molecule is O=C(Cn1c(CCl)nc2cccc(Cl)c21)N1CCCC1. The van der Waals surface area contributed by atoms with Gasteiger partial charge in [0.2, 0.25) is 5.91 Å². The van der Waals surface area contributed by atoms with Crippen LogP contribution in [0.25, 0.3) is 11.0 Å². The van der Waals surface area contributed by atoms with E-state index in [-0.39, 0.29) is 18.3 Å². The molecule has 20 heavy (non-hydrogen) atoms. The molecule has 0 unspecified atom stereocenters. The number of amides is 1. The Morgan fingerprint density at radius 3 is 2.75 bits per heavy atom. The fourth-order valence-corrected chi connectivity index (χ4v) is 3.14. The van der Waals surface area contributed by atoms with Crippen molar-refractivity contribution in [3.8, 4) is 0 Å². The van der Waals surface area contributed by atoms with Crippen molar-refractivity contribution < 1.29 is 4.79 Å². The quantitative estimate of drug-likeness (QED) is 0.817. The van der Waals surface area contributed by atoms with Gasteiger partial charge in [0.1, 0.15) is 12.4 Å². The first kappa shape index (κ1) is 13.7. The highest BCUT2D eigenvalue weighted by atomic mass is 35.5. The third-order valence-corrected chi connectivity index (χ3v) is 4.21. The van der Waals surface area contributed by atoms with Crippen molar-refractivity contribution in [1.82, 2.24) is 14.5 Å². The molecule has 0 N–H and O–H groups in total. The van der Waals surface area contributed by atoms with E-state index in [0.29, 0.717) is 10.8 Å². The van der Waals surface area contributed by atoms with E-state index in [4.69, 9.17) is 23.2 Å². The van der Waals surface area contributed by atoms with Crippen LogP contribution in [0.1, 0.15) is 18.7 Å². The van der Waals surface area contributed by atoms with E-state index >= 15 is 0 Å². The van der Waals surface area contributed by atoms with Gasteiger partial charge in [-0.05, 0) is 25.0 Å². The largest absolute Gasteiger partial charge is 0.341 e. The molecule has 1 aromatic carbocycles. The lowest BCUT2D eigenvalue weighted by atomic mass is 10.3. The maximum Gasteiger partial charge on any atom is 0.242 e. The van der Waals surface area contributed by atoms with Crippen LogP contribution in [-0.2, 0) is 17.2 Å². The highest BCUT2D eigenvalue weighted by Gasteiger charge is 2.21. The molecular formula is C14H15Cl2N3O. The predicted octanol–water partition coefficient (Wildman–Crippen LogP) is 3.05. The number of halogens is 2. The van der Waals surface area contributed by atoms with Gasteiger partial charge in [0.05, 0.1) is 21.9 Å². The number of alkyl halides is 1. The molecule has 3 rings (SSSR count). The molecule has 0 saturated carbocycles. The summed E-state index contributed by atoms with van der Waals surface area (Å²) in [5.74, 6) is 1.05. The third kappa shape index (κ3) is 2.38. The fraction of sp³-hybridized carbons (Fsp3) is 0.429. The molecule has 0 spiro atoms. The first-order valence-electron chi connectivity index (χ1n) is 6.68. The molecule has 106 valence electrons. The molecule has 0 aliphatic carbocycles. The molecule has 1 fully saturated rings. The normalized spacial score (nSPS) is 15.2. The van der Waals surface area contributed by atoms with Crippen LogP contribution in [0, 0.1) is 0 Å². The molecule has 0 atom stereocenters. The number of hydrogen-bond donors (Lipinski definition) is 0. The number of carbonyl (C=O) groups is 1. The Hall–Kier alpha value is -1.26. The number of imidazole rings is 1. The summed E-state index contributed by atoms with van der Waals surface area (Å²) in [5, 5.41) is 0.598. The van der Waals surface area contributed by atoms with Gasteiger partial charge in [-0.2, -0.15) is 0 Å². The fourth-order valence-electron chi connectivity index (χ4n) is 2.66. The van der Waals surface area contributed by atoms with Gasteiger partial charge in [0.15, 0.2) is 0 Å². The average molecular weight is 312 g/mol. The first-order chi connectivity index (χ1) is 9.70. The highest BCUT2D eigenvalue weighted by molar-refractivity contribution is 6.35. The molecule has 1 saturated heterocycles. The summed E-state index contributed by atoms with van der Waals surface area (Å²) in [6.07, 6.45) is 2.17. The Kier molecular flexibility index (Phi) is 3.85. The van der Waals surface area contributed by atoms with Crippen molar-refractivity contribution in [1.29, 1.82) is 0 Å². The second kappa shape index (κ2) is 5.62. The number of likely N-dealkylation sites (tertiary alicyclic amines) is 1. The molecule has 0 bridgehead atoms. The Morgan fingerprint density at radius 2 is 2.05 bits per heavy atom. The Balaban J connectivity index is 1.98. The average Bonchev–Trinajstić information content (AvgIpc) is 3.07. The number of para-hydroxylation sites is 1. The van der Waals surface area contributed by atoms with Crippen LogP contribution in [0.4, 0.5) is 0 Å². The summed E-state index contributed by atoms with van der Waals surface area (Å²) in [7, 11) is 0. The monoisotopic (exact) mass is 311 g/mol. The van der Waals surface area contributed by atoms with Gasteiger partial charge < -0.3 is 9.47 Å². The molecular weight excluding hydrogens is 297 g/mol. The third-order valence-electron chi connectivity index (χ3n) is 3.67. The maximum atomic E-state index is 12.3. The number of benzene rings is 1. The number of fused-ring (bicyclic) bond motifs is 1. The van der Waals surface area contributed by atoms with E-state index in [9.17, 15) is 4.79 Å². The molecule has 0 radical (unpaired) electrons. The van der Waals surface area contributed by atoms with Crippen LogP contribution in [0.15, 0.2) is 18.2 Å². The van der Waals surface area contributed by atoms with Gasteiger partial charge >= 0.3 is 0 Å². The van der Waals surface area contributed by atoms with Crippen LogP contribution >= 0.6 is 23.2 Å². The Bertz CT molecular complexity index is 647. The predicted molar refractivity (Wildman–Crippen MR) is 80.1 cm³/mol. The standard InChI is InChI=1S/C14H15Cl2N3O/c15-8-12-17-11-5-3-4-10(16)14(11)19(12)9-13(20)18-6-1-2-7-18/h3-5H,1-2,6-9H2. The summed E-state index contributed by atoms with van der Waals surface area (Å²) < 4.78 is 1.84. The minimum absolute atomic E-state index is 0.105. The topological polar surface area (TPSA) is 38.1 Å². The van der Waals surface area contributed by atoms with Crippen LogP contribution in [0.2, 0.25) is 5.02 Å². The molecule has 1 aromatic heterocycles. The number of aromatic nitrogens is 2. The molecule has 1 amide bonds. The molecule has 1 aliphatic rings. The van der Waals surface area contributed by atoms with Crippen molar-refractivity contribution in [3.63, 3.8) is 0 Å². The number of rotatable bonds is 3. The maximum absolute atomic E-state index is 12.3. The molecule has 2 aromatic rings. The van der Waals surface area contributed by atoms with Crippen molar-refractivity contribution in [3.05, 3.63) is 29.0 Å². The van der Waals surface area contributed by atoms with Crippen molar-refractivity contribution in [2.75, 3.05) is 13.1 Å². The Morgan fingerprint density at radius 1 is 1.30 bits per heavy atom.